The number of carboxylic acids is 1. The summed E-state index contributed by atoms with van der Waals surface area (Å²) in [5, 5.41) is 10.4. The highest BCUT2D eigenvalue weighted by molar-refractivity contribution is 7.89. The molecule has 0 aliphatic heterocycles. The number of halogens is 3. The van der Waals surface area contributed by atoms with E-state index in [1.807, 2.05) is 0 Å². The summed E-state index contributed by atoms with van der Waals surface area (Å²) in [5.74, 6) is 4.80. The van der Waals surface area contributed by atoms with Crippen molar-refractivity contribution in [1.82, 2.24) is 9.29 Å². The number of methoxy groups -OCH3 is 1. The van der Waals surface area contributed by atoms with Gasteiger partial charge in [-0.25, -0.2) is 8.42 Å². The van der Waals surface area contributed by atoms with E-state index < -0.39 is 33.8 Å². The summed E-state index contributed by atoms with van der Waals surface area (Å²) in [6.07, 6.45) is -3.32. The summed E-state index contributed by atoms with van der Waals surface area (Å²) < 4.78 is 81.6. The van der Waals surface area contributed by atoms with Gasteiger partial charge in [0.15, 0.2) is 0 Å². The molecule has 0 aliphatic carbocycles. The van der Waals surface area contributed by atoms with Gasteiger partial charge in [0, 0.05) is 30.1 Å². The standard InChI is InChI=1S/C30H27F3N2O6S/c1-3-4-15-41-22-9-12-24(13-10-22)42(38,39)34-27(29(36)37)16-21-19-35(28-14-11-23(40-2)17-25(21)28)18-20-7-5-6-8-26(20)30(31,32)33/h5-14,17,19,27,34H,15-16,18H2,1-2H3,(H,36,37). The summed E-state index contributed by atoms with van der Waals surface area (Å²) in [4.78, 5) is 12.0. The fourth-order valence-electron chi connectivity index (χ4n) is 4.45. The molecule has 2 N–H and O–H groups in total. The van der Waals surface area contributed by atoms with E-state index in [-0.39, 0.29) is 30.0 Å². The molecule has 0 fully saturated rings. The van der Waals surface area contributed by atoms with Crippen molar-refractivity contribution in [3.63, 3.8) is 0 Å². The number of aromatic nitrogens is 1. The molecule has 0 spiro atoms. The van der Waals surface area contributed by atoms with Crippen molar-refractivity contribution in [3.05, 3.63) is 89.6 Å². The Balaban J connectivity index is 1.65. The minimum Gasteiger partial charge on any atom is -0.497 e. The number of ether oxygens (including phenoxy) is 2. The van der Waals surface area contributed by atoms with E-state index in [0.717, 1.165) is 6.07 Å². The van der Waals surface area contributed by atoms with Crippen LogP contribution < -0.4 is 14.2 Å². The Morgan fingerprint density at radius 3 is 2.38 bits per heavy atom. The van der Waals surface area contributed by atoms with Crippen LogP contribution in [0.2, 0.25) is 0 Å². The molecule has 1 unspecified atom stereocenters. The Hall–Kier alpha value is -4.47. The van der Waals surface area contributed by atoms with Crippen molar-refractivity contribution in [1.29, 1.82) is 0 Å². The Labute approximate surface area is 240 Å². The minimum absolute atomic E-state index is 0.0221. The second-order valence-corrected chi connectivity index (χ2v) is 10.9. The topological polar surface area (TPSA) is 107 Å². The molecule has 0 radical (unpaired) electrons. The van der Waals surface area contributed by atoms with E-state index in [2.05, 4.69) is 16.6 Å². The third-order valence-electron chi connectivity index (χ3n) is 6.48. The van der Waals surface area contributed by atoms with Gasteiger partial charge in [-0.05, 0) is 66.6 Å². The zero-order valence-electron chi connectivity index (χ0n) is 22.6. The first-order chi connectivity index (χ1) is 19.9. The predicted octanol–water partition coefficient (Wildman–Crippen LogP) is 5.09. The Morgan fingerprint density at radius 2 is 1.74 bits per heavy atom. The highest BCUT2D eigenvalue weighted by Gasteiger charge is 2.33. The van der Waals surface area contributed by atoms with Gasteiger partial charge >= 0.3 is 12.1 Å². The smallest absolute Gasteiger partial charge is 0.416 e. The van der Waals surface area contributed by atoms with Crippen LogP contribution in [0.3, 0.4) is 0 Å². The van der Waals surface area contributed by atoms with Crippen LogP contribution >= 0.6 is 0 Å². The molecule has 0 bridgehead atoms. The maximum atomic E-state index is 13.7. The number of nitrogens with one attached hydrogen (secondary N) is 1. The average molecular weight is 601 g/mol. The summed E-state index contributed by atoms with van der Waals surface area (Å²) in [7, 11) is -2.82. The zero-order valence-corrected chi connectivity index (χ0v) is 23.4. The summed E-state index contributed by atoms with van der Waals surface area (Å²) >= 11 is 0. The lowest BCUT2D eigenvalue weighted by Gasteiger charge is -2.15. The van der Waals surface area contributed by atoms with Gasteiger partial charge in [0.1, 0.15) is 24.1 Å². The van der Waals surface area contributed by atoms with Crippen molar-refractivity contribution in [2.75, 3.05) is 13.7 Å². The fraction of sp³-hybridized carbons (Fsp3) is 0.233. The number of aliphatic carboxylic acids is 1. The first-order valence-corrected chi connectivity index (χ1v) is 14.1. The van der Waals surface area contributed by atoms with Gasteiger partial charge in [-0.1, -0.05) is 24.1 Å². The maximum absolute atomic E-state index is 13.7. The van der Waals surface area contributed by atoms with Gasteiger partial charge in [-0.2, -0.15) is 17.9 Å². The molecule has 12 heteroatoms. The SMILES string of the molecule is CC#CCOc1ccc(S(=O)(=O)NC(Cc2cn(Cc3ccccc3C(F)(F)F)c3ccc(OC)cc23)C(=O)O)cc1. The van der Waals surface area contributed by atoms with E-state index in [1.54, 1.807) is 29.7 Å². The van der Waals surface area contributed by atoms with Crippen LogP contribution in [-0.4, -0.2) is 43.8 Å². The van der Waals surface area contributed by atoms with Crippen molar-refractivity contribution in [2.45, 2.75) is 37.0 Å². The number of fused-ring (bicyclic) bond motifs is 1. The first kappa shape index (κ1) is 30.5. The van der Waals surface area contributed by atoms with Crippen molar-refractivity contribution < 1.29 is 41.0 Å². The normalized spacial score (nSPS) is 12.4. The molecule has 1 aromatic heterocycles. The number of carbonyl (C=O) groups is 1. The molecule has 0 saturated carbocycles. The first-order valence-electron chi connectivity index (χ1n) is 12.6. The third kappa shape index (κ3) is 7.05. The number of hydrogen-bond donors (Lipinski definition) is 2. The molecule has 42 heavy (non-hydrogen) atoms. The van der Waals surface area contributed by atoms with Crippen LogP contribution in [0.15, 0.2) is 77.8 Å². The summed E-state index contributed by atoms with van der Waals surface area (Å²) in [6, 6.07) is 14.0. The Kier molecular flexibility index (Phi) is 9.14. The van der Waals surface area contributed by atoms with Gasteiger partial charge in [0.05, 0.1) is 17.6 Å². The van der Waals surface area contributed by atoms with E-state index in [1.165, 1.54) is 55.8 Å². The molecule has 8 nitrogen and oxygen atoms in total. The molecule has 0 amide bonds. The van der Waals surface area contributed by atoms with Gasteiger partial charge in [-0.3, -0.25) is 4.79 Å². The van der Waals surface area contributed by atoms with Crippen LogP contribution in [-0.2, 0) is 34.0 Å². The van der Waals surface area contributed by atoms with Crippen LogP contribution in [0.5, 0.6) is 11.5 Å². The quantitative estimate of drug-likeness (QED) is 0.232. The monoisotopic (exact) mass is 600 g/mol. The fourth-order valence-corrected chi connectivity index (χ4v) is 5.64. The largest absolute Gasteiger partial charge is 0.497 e. The van der Waals surface area contributed by atoms with E-state index in [0.29, 0.717) is 28.0 Å². The van der Waals surface area contributed by atoms with Crippen LogP contribution in [0.1, 0.15) is 23.6 Å². The van der Waals surface area contributed by atoms with Gasteiger partial charge < -0.3 is 19.1 Å². The molecule has 0 saturated heterocycles. The average Bonchev–Trinajstić information content (AvgIpc) is 3.28. The maximum Gasteiger partial charge on any atom is 0.416 e. The molecule has 220 valence electrons. The van der Waals surface area contributed by atoms with Gasteiger partial charge in [0.25, 0.3) is 0 Å². The minimum atomic E-state index is -4.56. The molecule has 1 heterocycles. The molecule has 1 atom stereocenters. The van der Waals surface area contributed by atoms with Crippen LogP contribution in [0, 0.1) is 11.8 Å². The molecular weight excluding hydrogens is 573 g/mol. The molecular formula is C30H27F3N2O6S. The Bertz CT molecular complexity index is 1750. The number of hydrogen-bond acceptors (Lipinski definition) is 5. The second kappa shape index (κ2) is 12.6. The lowest BCUT2D eigenvalue weighted by molar-refractivity contribution is -0.139. The number of sulfonamides is 1. The molecule has 4 aromatic rings. The Morgan fingerprint density at radius 1 is 1.05 bits per heavy atom. The highest BCUT2D eigenvalue weighted by Crippen LogP contribution is 2.34. The predicted molar refractivity (Wildman–Crippen MR) is 150 cm³/mol. The third-order valence-corrected chi connectivity index (χ3v) is 7.96. The summed E-state index contributed by atoms with van der Waals surface area (Å²) in [6.45, 7) is 1.63. The molecule has 4 rings (SSSR count). The lowest BCUT2D eigenvalue weighted by atomic mass is 10.1. The number of benzene rings is 3. The van der Waals surface area contributed by atoms with Crippen LogP contribution in [0.25, 0.3) is 10.9 Å². The second-order valence-electron chi connectivity index (χ2n) is 9.22. The highest BCUT2D eigenvalue weighted by atomic mass is 32.2. The van der Waals surface area contributed by atoms with E-state index >= 15 is 0 Å². The van der Waals surface area contributed by atoms with Crippen molar-refractivity contribution >= 4 is 26.9 Å². The lowest BCUT2D eigenvalue weighted by Crippen LogP contribution is -2.42. The van der Waals surface area contributed by atoms with Crippen molar-refractivity contribution in [2.24, 2.45) is 0 Å². The molecule has 0 aliphatic rings. The zero-order chi connectivity index (χ0) is 30.5. The van der Waals surface area contributed by atoms with E-state index in [4.69, 9.17) is 9.47 Å². The van der Waals surface area contributed by atoms with Crippen molar-refractivity contribution in [3.8, 4) is 23.3 Å². The number of alkyl halides is 3. The summed E-state index contributed by atoms with van der Waals surface area (Å²) in [5.41, 5.74) is 0.170. The number of nitrogens with zero attached hydrogens (tertiary/aromatic N) is 1. The van der Waals surface area contributed by atoms with E-state index in [9.17, 15) is 31.5 Å². The number of rotatable bonds is 11. The van der Waals surface area contributed by atoms with Gasteiger partial charge in [-0.15, -0.1) is 5.92 Å². The number of carboxylic acid groups (broad SMARTS) is 1. The molecule has 3 aromatic carbocycles. The van der Waals surface area contributed by atoms with Gasteiger partial charge in [0.2, 0.25) is 10.0 Å². The van der Waals surface area contributed by atoms with Crippen LogP contribution in [0.4, 0.5) is 13.2 Å².